The molecule has 4 nitrogen and oxygen atoms in total. The van der Waals surface area contributed by atoms with E-state index in [1.807, 2.05) is 13.8 Å². The third-order valence-corrected chi connectivity index (χ3v) is 7.45. The van der Waals surface area contributed by atoms with Crippen LogP contribution in [0, 0.1) is 13.8 Å². The van der Waals surface area contributed by atoms with Crippen LogP contribution >= 0.6 is 11.3 Å². The van der Waals surface area contributed by atoms with Crippen molar-refractivity contribution in [2.24, 2.45) is 0 Å². The van der Waals surface area contributed by atoms with Crippen LogP contribution in [0.1, 0.15) is 41.8 Å². The molecule has 2 heterocycles. The lowest BCUT2D eigenvalue weighted by atomic mass is 10.0. The van der Waals surface area contributed by atoms with Crippen LogP contribution in [0.15, 0.2) is 0 Å². The summed E-state index contributed by atoms with van der Waals surface area (Å²) in [7, 11) is -2.95. The maximum atomic E-state index is 12.3. The molecule has 2 unspecified atom stereocenters. The molecule has 1 aromatic rings. The number of likely N-dealkylation sites (N-methyl/N-ethyl adjacent to an activating group) is 1. The minimum atomic E-state index is -2.95. The molecule has 0 aromatic carbocycles. The first-order chi connectivity index (χ1) is 9.44. The molecule has 0 bridgehead atoms. The number of hydrogen-bond acceptors (Lipinski definition) is 5. The molecule has 1 N–H and O–H groups in total. The Bertz CT molecular complexity index is 532. The van der Waals surface area contributed by atoms with Gasteiger partial charge in [-0.15, -0.1) is 11.3 Å². The Morgan fingerprint density at radius 2 is 2.15 bits per heavy atom. The smallest absolute Gasteiger partial charge is 0.154 e. The molecule has 0 spiro atoms. The van der Waals surface area contributed by atoms with Gasteiger partial charge in [-0.25, -0.2) is 13.4 Å². The Balaban J connectivity index is 2.17. The van der Waals surface area contributed by atoms with E-state index < -0.39 is 9.84 Å². The van der Waals surface area contributed by atoms with Crippen molar-refractivity contribution in [1.29, 1.82) is 0 Å². The van der Waals surface area contributed by atoms with Crippen molar-refractivity contribution in [2.45, 2.75) is 57.7 Å². The molecule has 0 radical (unpaired) electrons. The molecule has 1 saturated heterocycles. The zero-order chi connectivity index (χ0) is 14.8. The zero-order valence-electron chi connectivity index (χ0n) is 12.5. The van der Waals surface area contributed by atoms with Crippen LogP contribution in [0.5, 0.6) is 0 Å². The van der Waals surface area contributed by atoms with E-state index in [1.165, 1.54) is 4.88 Å². The van der Waals surface area contributed by atoms with E-state index in [4.69, 9.17) is 0 Å². The summed E-state index contributed by atoms with van der Waals surface area (Å²) < 4.78 is 24.6. The van der Waals surface area contributed by atoms with Gasteiger partial charge >= 0.3 is 0 Å². The van der Waals surface area contributed by atoms with Gasteiger partial charge in [0.15, 0.2) is 9.84 Å². The second-order valence-corrected chi connectivity index (χ2v) is 9.15. The van der Waals surface area contributed by atoms with E-state index in [2.05, 4.69) is 17.2 Å². The number of nitrogens with zero attached hydrogens (tertiary/aromatic N) is 1. The Morgan fingerprint density at radius 1 is 1.40 bits per heavy atom. The number of sulfone groups is 1. The minimum Gasteiger partial charge on any atom is -0.313 e. The van der Waals surface area contributed by atoms with Crippen LogP contribution in [-0.2, 0) is 16.3 Å². The quantitative estimate of drug-likeness (QED) is 0.905. The predicted octanol–water partition coefficient (Wildman–Crippen LogP) is 2.25. The van der Waals surface area contributed by atoms with Gasteiger partial charge in [0.25, 0.3) is 0 Å². The average Bonchev–Trinajstić information content (AvgIpc) is 2.67. The van der Waals surface area contributed by atoms with Crippen molar-refractivity contribution in [2.75, 3.05) is 12.3 Å². The lowest BCUT2D eigenvalue weighted by molar-refractivity contribution is 0.440. The Morgan fingerprint density at radius 3 is 2.70 bits per heavy atom. The normalized spacial score (nSPS) is 23.6. The summed E-state index contributed by atoms with van der Waals surface area (Å²) in [5, 5.41) is 4.17. The summed E-state index contributed by atoms with van der Waals surface area (Å²) in [4.78, 5) is 5.78. The molecule has 1 aliphatic rings. The van der Waals surface area contributed by atoms with Crippen LogP contribution in [0.4, 0.5) is 0 Å². The van der Waals surface area contributed by atoms with E-state index in [0.29, 0.717) is 5.75 Å². The summed E-state index contributed by atoms with van der Waals surface area (Å²) >= 11 is 1.69. The van der Waals surface area contributed by atoms with Crippen molar-refractivity contribution >= 4 is 21.2 Å². The SMILES string of the molecule is CCNC(Cc1nc(C)c(C)s1)C1CCCCS1(=O)=O. The van der Waals surface area contributed by atoms with Crippen molar-refractivity contribution < 1.29 is 8.42 Å². The number of aromatic nitrogens is 1. The van der Waals surface area contributed by atoms with Gasteiger partial charge in [0, 0.05) is 17.3 Å². The molecule has 1 fully saturated rings. The van der Waals surface area contributed by atoms with Crippen LogP contribution < -0.4 is 5.32 Å². The average molecular weight is 316 g/mol. The monoisotopic (exact) mass is 316 g/mol. The fourth-order valence-electron chi connectivity index (χ4n) is 2.84. The van der Waals surface area contributed by atoms with Crippen molar-refractivity contribution in [1.82, 2.24) is 10.3 Å². The number of aryl methyl sites for hydroxylation is 2. The summed E-state index contributed by atoms with van der Waals surface area (Å²) in [5.41, 5.74) is 1.06. The van der Waals surface area contributed by atoms with E-state index >= 15 is 0 Å². The van der Waals surface area contributed by atoms with Gasteiger partial charge in [0.05, 0.1) is 21.7 Å². The molecule has 6 heteroatoms. The van der Waals surface area contributed by atoms with Crippen LogP contribution in [0.25, 0.3) is 0 Å². The van der Waals surface area contributed by atoms with E-state index in [0.717, 1.165) is 42.9 Å². The van der Waals surface area contributed by atoms with Crippen LogP contribution in [0.3, 0.4) is 0 Å². The fourth-order valence-corrected chi connectivity index (χ4v) is 5.96. The van der Waals surface area contributed by atoms with E-state index in [9.17, 15) is 8.42 Å². The Hall–Kier alpha value is -0.460. The highest BCUT2D eigenvalue weighted by atomic mass is 32.2. The maximum Gasteiger partial charge on any atom is 0.154 e. The molecule has 0 saturated carbocycles. The lowest BCUT2D eigenvalue weighted by Crippen LogP contribution is -2.47. The van der Waals surface area contributed by atoms with E-state index in [1.54, 1.807) is 11.3 Å². The summed E-state index contributed by atoms with van der Waals surface area (Å²) in [6, 6.07) is -0.00440. The molecule has 2 atom stereocenters. The summed E-state index contributed by atoms with van der Waals surface area (Å²) in [6.07, 6.45) is 3.33. The van der Waals surface area contributed by atoms with Crippen molar-refractivity contribution in [3.63, 3.8) is 0 Å². The van der Waals surface area contributed by atoms with Crippen molar-refractivity contribution in [3.8, 4) is 0 Å². The molecular formula is C14H24N2O2S2. The van der Waals surface area contributed by atoms with Gasteiger partial charge < -0.3 is 5.32 Å². The summed E-state index contributed by atoms with van der Waals surface area (Å²) in [6.45, 7) is 6.89. The van der Waals surface area contributed by atoms with Gasteiger partial charge in [-0.05, 0) is 33.2 Å². The zero-order valence-corrected chi connectivity index (χ0v) is 14.1. The van der Waals surface area contributed by atoms with Gasteiger partial charge in [-0.3, -0.25) is 0 Å². The topological polar surface area (TPSA) is 59.1 Å². The highest BCUT2D eigenvalue weighted by Gasteiger charge is 2.35. The molecule has 1 aromatic heterocycles. The highest BCUT2D eigenvalue weighted by Crippen LogP contribution is 2.26. The molecule has 1 aliphatic heterocycles. The minimum absolute atomic E-state index is 0.00440. The molecule has 114 valence electrons. The number of rotatable bonds is 5. The van der Waals surface area contributed by atoms with Gasteiger partial charge in [0.2, 0.25) is 0 Å². The third-order valence-electron chi connectivity index (χ3n) is 4.01. The summed E-state index contributed by atoms with van der Waals surface area (Å²) in [5.74, 6) is 0.343. The third kappa shape index (κ3) is 3.59. The molecule has 0 aliphatic carbocycles. The highest BCUT2D eigenvalue weighted by molar-refractivity contribution is 7.92. The van der Waals surface area contributed by atoms with Gasteiger partial charge in [0.1, 0.15) is 0 Å². The Kier molecular flexibility index (Phi) is 5.20. The molecule has 2 rings (SSSR count). The van der Waals surface area contributed by atoms with E-state index in [-0.39, 0.29) is 11.3 Å². The Labute approximate surface area is 125 Å². The molecular weight excluding hydrogens is 292 g/mol. The van der Waals surface area contributed by atoms with Crippen LogP contribution in [0.2, 0.25) is 0 Å². The van der Waals surface area contributed by atoms with Gasteiger partial charge in [-0.2, -0.15) is 0 Å². The second kappa shape index (κ2) is 6.54. The van der Waals surface area contributed by atoms with Gasteiger partial charge in [-0.1, -0.05) is 13.3 Å². The molecule has 0 amide bonds. The molecule has 20 heavy (non-hydrogen) atoms. The largest absolute Gasteiger partial charge is 0.313 e. The second-order valence-electron chi connectivity index (χ2n) is 5.52. The maximum absolute atomic E-state index is 12.3. The van der Waals surface area contributed by atoms with Crippen LogP contribution in [-0.4, -0.2) is 37.0 Å². The number of hydrogen-bond donors (Lipinski definition) is 1. The number of thiazole rings is 1. The first-order valence-corrected chi connectivity index (χ1v) is 9.85. The first-order valence-electron chi connectivity index (χ1n) is 7.32. The standard InChI is InChI=1S/C14H24N2O2S2/c1-4-15-12(9-14-16-10(2)11(3)19-14)13-7-5-6-8-20(13,17)18/h12-13,15H,4-9H2,1-3H3. The fraction of sp³-hybridized carbons (Fsp3) is 0.786. The first kappa shape index (κ1) is 15.9. The number of nitrogens with one attached hydrogen (secondary N) is 1. The van der Waals surface area contributed by atoms with Crippen molar-refractivity contribution in [3.05, 3.63) is 15.6 Å². The lowest BCUT2D eigenvalue weighted by Gasteiger charge is -2.30. The predicted molar refractivity (Wildman–Crippen MR) is 84.2 cm³/mol.